The fourth-order valence-electron chi connectivity index (χ4n) is 1.25. The molecule has 0 aliphatic heterocycles. The van der Waals surface area contributed by atoms with Crippen LogP contribution < -0.4 is 0 Å². The summed E-state index contributed by atoms with van der Waals surface area (Å²) in [5, 5.41) is 0. The van der Waals surface area contributed by atoms with Crippen molar-refractivity contribution in [3.05, 3.63) is 11.6 Å². The lowest BCUT2D eigenvalue weighted by atomic mass is 9.93. The third kappa shape index (κ3) is 3.70. The first kappa shape index (κ1) is 11.4. The Hall–Kier alpha value is -0.590. The van der Waals surface area contributed by atoms with Gasteiger partial charge < -0.3 is 0 Å². The average molecular weight is 168 g/mol. The summed E-state index contributed by atoms with van der Waals surface area (Å²) in [6.45, 7) is 7.85. The van der Waals surface area contributed by atoms with Gasteiger partial charge in [-0.2, -0.15) is 0 Å². The highest BCUT2D eigenvalue weighted by Crippen LogP contribution is 2.17. The van der Waals surface area contributed by atoms with Crippen molar-refractivity contribution in [3.8, 4) is 0 Å². The van der Waals surface area contributed by atoms with E-state index in [0.717, 1.165) is 6.42 Å². The molecule has 0 aromatic carbocycles. The Balaban J connectivity index is 4.07. The number of allylic oxidation sites excluding steroid dienone is 2. The van der Waals surface area contributed by atoms with E-state index in [9.17, 15) is 4.79 Å². The summed E-state index contributed by atoms with van der Waals surface area (Å²) in [7, 11) is 0. The predicted octanol–water partition coefficient (Wildman–Crippen LogP) is 3.35. The van der Waals surface area contributed by atoms with Crippen molar-refractivity contribution in [1.29, 1.82) is 0 Å². The molecule has 0 saturated heterocycles. The third-order valence-corrected chi connectivity index (χ3v) is 2.36. The summed E-state index contributed by atoms with van der Waals surface area (Å²) in [6.07, 6.45) is 5.55. The molecule has 0 N–H and O–H groups in total. The number of carbonyl (C=O) groups is 1. The maximum atomic E-state index is 11.1. The number of hydrogen-bond donors (Lipinski definition) is 0. The van der Waals surface area contributed by atoms with Crippen LogP contribution in [-0.2, 0) is 4.79 Å². The second-order valence-electron chi connectivity index (χ2n) is 3.30. The lowest BCUT2D eigenvalue weighted by Gasteiger charge is -2.11. The molecular formula is C11H20O. The highest BCUT2D eigenvalue weighted by atomic mass is 16.1. The minimum absolute atomic E-state index is 0.126. The van der Waals surface area contributed by atoms with E-state index < -0.39 is 0 Å². The molecule has 1 nitrogen and oxygen atoms in total. The van der Waals surface area contributed by atoms with Crippen LogP contribution in [0.15, 0.2) is 11.6 Å². The second-order valence-corrected chi connectivity index (χ2v) is 3.30. The molecule has 1 unspecified atom stereocenters. The van der Waals surface area contributed by atoms with E-state index in [1.54, 1.807) is 6.92 Å². The van der Waals surface area contributed by atoms with Crippen LogP contribution in [0.25, 0.3) is 0 Å². The Labute approximate surface area is 75.9 Å². The summed E-state index contributed by atoms with van der Waals surface area (Å²) >= 11 is 0. The van der Waals surface area contributed by atoms with Gasteiger partial charge in [-0.1, -0.05) is 31.9 Å². The molecule has 1 heteroatoms. The summed E-state index contributed by atoms with van der Waals surface area (Å²) < 4.78 is 0. The molecule has 70 valence electrons. The summed E-state index contributed by atoms with van der Waals surface area (Å²) in [5.74, 6) is 0.403. The minimum atomic E-state index is 0.126. The van der Waals surface area contributed by atoms with Crippen molar-refractivity contribution < 1.29 is 4.79 Å². The van der Waals surface area contributed by atoms with Gasteiger partial charge in [0.15, 0.2) is 0 Å². The molecule has 0 amide bonds. The molecule has 0 rings (SSSR count). The van der Waals surface area contributed by atoms with Gasteiger partial charge >= 0.3 is 0 Å². The fourth-order valence-corrected chi connectivity index (χ4v) is 1.25. The smallest absolute Gasteiger partial charge is 0.136 e. The van der Waals surface area contributed by atoms with Gasteiger partial charge in [-0.05, 0) is 26.7 Å². The molecule has 0 aliphatic rings. The monoisotopic (exact) mass is 168 g/mol. The Morgan fingerprint density at radius 1 is 1.50 bits per heavy atom. The standard InChI is InChI=1S/C11H20O/c1-5-7-8-11(6-2)9(3)10(4)12/h6,9H,5,7-8H2,1-4H3/b11-6+. The number of carbonyl (C=O) groups excluding carboxylic acids is 1. The van der Waals surface area contributed by atoms with Crippen LogP contribution >= 0.6 is 0 Å². The molecule has 0 bridgehead atoms. The summed E-state index contributed by atoms with van der Waals surface area (Å²) in [5.41, 5.74) is 1.30. The Morgan fingerprint density at radius 3 is 2.42 bits per heavy atom. The van der Waals surface area contributed by atoms with E-state index in [4.69, 9.17) is 0 Å². The summed E-state index contributed by atoms with van der Waals surface area (Å²) in [6, 6.07) is 0. The van der Waals surface area contributed by atoms with E-state index in [1.165, 1.54) is 18.4 Å². The van der Waals surface area contributed by atoms with E-state index in [-0.39, 0.29) is 11.7 Å². The van der Waals surface area contributed by atoms with E-state index in [0.29, 0.717) is 0 Å². The van der Waals surface area contributed by atoms with Crippen molar-refractivity contribution in [2.24, 2.45) is 5.92 Å². The van der Waals surface area contributed by atoms with Crippen LogP contribution in [0.4, 0.5) is 0 Å². The SMILES string of the molecule is C/C=C(\CCCC)C(C)C(C)=O. The zero-order valence-corrected chi connectivity index (χ0v) is 8.68. The van der Waals surface area contributed by atoms with Gasteiger partial charge in [0, 0.05) is 5.92 Å². The molecule has 0 fully saturated rings. The van der Waals surface area contributed by atoms with Gasteiger partial charge in [0.1, 0.15) is 5.78 Å². The maximum Gasteiger partial charge on any atom is 0.136 e. The predicted molar refractivity (Wildman–Crippen MR) is 53.1 cm³/mol. The van der Waals surface area contributed by atoms with Crippen molar-refractivity contribution >= 4 is 5.78 Å². The van der Waals surface area contributed by atoms with Gasteiger partial charge in [-0.15, -0.1) is 0 Å². The van der Waals surface area contributed by atoms with Gasteiger partial charge in [0.2, 0.25) is 0 Å². The topological polar surface area (TPSA) is 17.1 Å². The lowest BCUT2D eigenvalue weighted by Crippen LogP contribution is -2.09. The van der Waals surface area contributed by atoms with Crippen LogP contribution in [0.2, 0.25) is 0 Å². The molecule has 0 aromatic rings. The fraction of sp³-hybridized carbons (Fsp3) is 0.727. The van der Waals surface area contributed by atoms with E-state index in [1.807, 2.05) is 13.8 Å². The first-order chi connectivity index (χ1) is 5.63. The number of rotatable bonds is 5. The average Bonchev–Trinajstić information content (AvgIpc) is 2.05. The van der Waals surface area contributed by atoms with E-state index in [2.05, 4.69) is 13.0 Å². The molecule has 0 saturated carbocycles. The van der Waals surface area contributed by atoms with Crippen LogP contribution in [0.3, 0.4) is 0 Å². The molecule has 0 heterocycles. The number of unbranched alkanes of at least 4 members (excludes halogenated alkanes) is 1. The van der Waals surface area contributed by atoms with E-state index >= 15 is 0 Å². The lowest BCUT2D eigenvalue weighted by molar-refractivity contribution is -0.119. The largest absolute Gasteiger partial charge is 0.299 e. The van der Waals surface area contributed by atoms with Crippen LogP contribution in [0.1, 0.15) is 47.0 Å². The second kappa shape index (κ2) is 5.99. The van der Waals surface area contributed by atoms with Gasteiger partial charge in [-0.3, -0.25) is 4.79 Å². The molecule has 0 spiro atoms. The van der Waals surface area contributed by atoms with Crippen molar-refractivity contribution in [1.82, 2.24) is 0 Å². The van der Waals surface area contributed by atoms with Crippen molar-refractivity contribution in [2.45, 2.75) is 47.0 Å². The van der Waals surface area contributed by atoms with Gasteiger partial charge in [0.05, 0.1) is 0 Å². The highest BCUT2D eigenvalue weighted by Gasteiger charge is 2.11. The zero-order valence-electron chi connectivity index (χ0n) is 8.68. The normalized spacial score (nSPS) is 14.5. The first-order valence-corrected chi connectivity index (χ1v) is 4.79. The Morgan fingerprint density at radius 2 is 2.08 bits per heavy atom. The molecule has 1 atom stereocenters. The molecule has 0 aliphatic carbocycles. The number of hydrogen-bond acceptors (Lipinski definition) is 1. The maximum absolute atomic E-state index is 11.1. The highest BCUT2D eigenvalue weighted by molar-refractivity contribution is 5.80. The van der Waals surface area contributed by atoms with Crippen molar-refractivity contribution in [2.75, 3.05) is 0 Å². The Kier molecular flexibility index (Phi) is 5.69. The quantitative estimate of drug-likeness (QED) is 0.575. The molecule has 12 heavy (non-hydrogen) atoms. The zero-order chi connectivity index (χ0) is 9.56. The van der Waals surface area contributed by atoms with Crippen LogP contribution in [-0.4, -0.2) is 5.78 Å². The Bertz CT molecular complexity index is 168. The number of ketones is 1. The van der Waals surface area contributed by atoms with Gasteiger partial charge in [-0.25, -0.2) is 0 Å². The third-order valence-electron chi connectivity index (χ3n) is 2.36. The first-order valence-electron chi connectivity index (χ1n) is 4.79. The van der Waals surface area contributed by atoms with Crippen LogP contribution in [0, 0.1) is 5.92 Å². The van der Waals surface area contributed by atoms with Gasteiger partial charge in [0.25, 0.3) is 0 Å². The summed E-state index contributed by atoms with van der Waals surface area (Å²) in [4.78, 5) is 11.1. The number of Topliss-reactive ketones (excluding diaryl/α,β-unsaturated/α-hetero) is 1. The molecular weight excluding hydrogens is 148 g/mol. The van der Waals surface area contributed by atoms with Crippen LogP contribution in [0.5, 0.6) is 0 Å². The molecule has 0 aromatic heterocycles. The minimum Gasteiger partial charge on any atom is -0.299 e. The van der Waals surface area contributed by atoms with Crippen molar-refractivity contribution in [3.63, 3.8) is 0 Å². The molecule has 0 radical (unpaired) electrons.